The second-order valence-corrected chi connectivity index (χ2v) is 6.03. The molecule has 4 rings (SSSR count). The average molecular weight is 353 g/mol. The second-order valence-electron chi connectivity index (χ2n) is 6.03. The summed E-state index contributed by atoms with van der Waals surface area (Å²) in [4.78, 5) is 4.29. The van der Waals surface area contributed by atoms with Crippen molar-refractivity contribution in [3.05, 3.63) is 73.3 Å². The Morgan fingerprint density at radius 2 is 1.54 bits per heavy atom. The summed E-state index contributed by atoms with van der Waals surface area (Å²) < 4.78 is 38.3. The first-order valence-electron chi connectivity index (χ1n) is 8.02. The van der Waals surface area contributed by atoms with E-state index < -0.39 is 12.7 Å². The standard InChI is InChI=1S/C20H14F3N3/c21-20(22,23)13-26-12-17(10-25-26)14-5-7-15(8-6-14)19-11-24-9-16-3-1-2-4-18(16)19/h1-12H,13H2. The van der Waals surface area contributed by atoms with Gasteiger partial charge in [0.2, 0.25) is 0 Å². The number of fused-ring (bicyclic) bond motifs is 1. The van der Waals surface area contributed by atoms with Gasteiger partial charge >= 0.3 is 6.18 Å². The Bertz CT molecular complexity index is 1040. The van der Waals surface area contributed by atoms with E-state index in [0.717, 1.165) is 32.1 Å². The van der Waals surface area contributed by atoms with Gasteiger partial charge in [0, 0.05) is 35.1 Å². The smallest absolute Gasteiger partial charge is 0.263 e. The highest BCUT2D eigenvalue weighted by Crippen LogP contribution is 2.29. The van der Waals surface area contributed by atoms with Crippen molar-refractivity contribution in [2.45, 2.75) is 12.7 Å². The number of aromatic nitrogens is 3. The van der Waals surface area contributed by atoms with Crippen molar-refractivity contribution in [3.63, 3.8) is 0 Å². The summed E-state index contributed by atoms with van der Waals surface area (Å²) in [5.74, 6) is 0. The zero-order valence-electron chi connectivity index (χ0n) is 13.6. The van der Waals surface area contributed by atoms with Crippen molar-refractivity contribution in [2.24, 2.45) is 0 Å². The minimum atomic E-state index is -4.28. The van der Waals surface area contributed by atoms with Gasteiger partial charge in [-0.25, -0.2) is 0 Å². The Hall–Kier alpha value is -3.15. The van der Waals surface area contributed by atoms with Crippen molar-refractivity contribution in [2.75, 3.05) is 0 Å². The third-order valence-electron chi connectivity index (χ3n) is 4.17. The maximum atomic E-state index is 12.5. The predicted octanol–water partition coefficient (Wildman–Crippen LogP) is 5.33. The molecular weight excluding hydrogens is 339 g/mol. The van der Waals surface area contributed by atoms with E-state index in [0.29, 0.717) is 5.56 Å². The zero-order valence-corrected chi connectivity index (χ0v) is 13.6. The Morgan fingerprint density at radius 3 is 2.31 bits per heavy atom. The van der Waals surface area contributed by atoms with Crippen LogP contribution in [0.4, 0.5) is 13.2 Å². The molecule has 0 atom stereocenters. The summed E-state index contributed by atoms with van der Waals surface area (Å²) in [5.41, 5.74) is 3.48. The molecule has 0 bridgehead atoms. The molecule has 2 aromatic heterocycles. The van der Waals surface area contributed by atoms with E-state index in [1.807, 2.05) is 60.9 Å². The van der Waals surface area contributed by atoms with Crippen LogP contribution in [0.1, 0.15) is 0 Å². The number of hydrogen-bond donors (Lipinski definition) is 0. The summed E-state index contributed by atoms with van der Waals surface area (Å²) in [6.45, 7) is -1.09. The maximum Gasteiger partial charge on any atom is 0.408 e. The highest BCUT2D eigenvalue weighted by molar-refractivity contribution is 5.95. The van der Waals surface area contributed by atoms with Gasteiger partial charge in [-0.1, -0.05) is 48.5 Å². The summed E-state index contributed by atoms with van der Waals surface area (Å²) in [6, 6.07) is 15.7. The quantitative estimate of drug-likeness (QED) is 0.498. The largest absolute Gasteiger partial charge is 0.408 e. The molecule has 0 saturated carbocycles. The molecule has 0 N–H and O–H groups in total. The molecule has 0 unspecified atom stereocenters. The van der Waals surface area contributed by atoms with Crippen LogP contribution < -0.4 is 0 Å². The average Bonchev–Trinajstić information content (AvgIpc) is 3.08. The summed E-state index contributed by atoms with van der Waals surface area (Å²) in [6.07, 6.45) is 2.21. The summed E-state index contributed by atoms with van der Waals surface area (Å²) >= 11 is 0. The molecule has 4 aromatic rings. The normalized spacial score (nSPS) is 11.8. The summed E-state index contributed by atoms with van der Waals surface area (Å²) in [5, 5.41) is 5.95. The first kappa shape index (κ1) is 16.3. The van der Waals surface area contributed by atoms with Crippen LogP contribution in [0.25, 0.3) is 33.0 Å². The van der Waals surface area contributed by atoms with Gasteiger partial charge in [-0.15, -0.1) is 0 Å². The van der Waals surface area contributed by atoms with Crippen LogP contribution >= 0.6 is 0 Å². The monoisotopic (exact) mass is 353 g/mol. The minimum Gasteiger partial charge on any atom is -0.263 e. The van der Waals surface area contributed by atoms with Crippen LogP contribution in [-0.2, 0) is 6.54 Å². The molecule has 2 heterocycles. The fourth-order valence-electron chi connectivity index (χ4n) is 2.97. The fourth-order valence-corrected chi connectivity index (χ4v) is 2.97. The number of rotatable bonds is 3. The topological polar surface area (TPSA) is 30.7 Å². The maximum absolute atomic E-state index is 12.5. The third-order valence-corrected chi connectivity index (χ3v) is 4.17. The van der Waals surface area contributed by atoms with E-state index in [2.05, 4.69) is 10.1 Å². The van der Waals surface area contributed by atoms with Crippen molar-refractivity contribution in [3.8, 4) is 22.3 Å². The van der Waals surface area contributed by atoms with E-state index in [-0.39, 0.29) is 0 Å². The Balaban J connectivity index is 1.65. The van der Waals surface area contributed by atoms with Crippen LogP contribution in [0.2, 0.25) is 0 Å². The molecule has 26 heavy (non-hydrogen) atoms. The lowest BCUT2D eigenvalue weighted by Crippen LogP contribution is -2.17. The lowest BCUT2D eigenvalue weighted by molar-refractivity contribution is -0.142. The molecule has 0 fully saturated rings. The fraction of sp³-hybridized carbons (Fsp3) is 0.100. The molecule has 0 aliphatic heterocycles. The Kier molecular flexibility index (Phi) is 3.95. The van der Waals surface area contributed by atoms with Crippen LogP contribution in [0, 0.1) is 0 Å². The van der Waals surface area contributed by atoms with Crippen molar-refractivity contribution in [1.82, 2.24) is 14.8 Å². The van der Waals surface area contributed by atoms with E-state index >= 15 is 0 Å². The van der Waals surface area contributed by atoms with Gasteiger partial charge in [-0.05, 0) is 16.5 Å². The number of halogens is 3. The highest BCUT2D eigenvalue weighted by Gasteiger charge is 2.28. The van der Waals surface area contributed by atoms with Gasteiger partial charge in [-0.2, -0.15) is 18.3 Å². The predicted molar refractivity (Wildman–Crippen MR) is 94.5 cm³/mol. The number of benzene rings is 2. The van der Waals surface area contributed by atoms with Gasteiger partial charge in [0.15, 0.2) is 0 Å². The first-order valence-corrected chi connectivity index (χ1v) is 8.02. The lowest BCUT2D eigenvalue weighted by Gasteiger charge is -2.07. The van der Waals surface area contributed by atoms with E-state index in [9.17, 15) is 13.2 Å². The summed E-state index contributed by atoms with van der Waals surface area (Å²) in [7, 11) is 0. The molecule has 2 aromatic carbocycles. The molecule has 0 saturated heterocycles. The van der Waals surface area contributed by atoms with Gasteiger partial charge in [0.05, 0.1) is 6.20 Å². The number of pyridine rings is 1. The minimum absolute atomic E-state index is 0.650. The van der Waals surface area contributed by atoms with Crippen LogP contribution in [0.3, 0.4) is 0 Å². The molecule has 0 radical (unpaired) electrons. The molecular formula is C20H14F3N3. The number of nitrogens with zero attached hydrogens (tertiary/aromatic N) is 3. The van der Waals surface area contributed by atoms with Crippen LogP contribution in [0.15, 0.2) is 73.3 Å². The molecule has 130 valence electrons. The molecule has 0 spiro atoms. The van der Waals surface area contributed by atoms with Crippen LogP contribution in [0.5, 0.6) is 0 Å². The number of hydrogen-bond acceptors (Lipinski definition) is 2. The van der Waals surface area contributed by atoms with Crippen LogP contribution in [-0.4, -0.2) is 20.9 Å². The Labute approximate surface area is 147 Å². The molecule has 6 heteroatoms. The van der Waals surface area contributed by atoms with Crippen molar-refractivity contribution in [1.29, 1.82) is 0 Å². The third kappa shape index (κ3) is 3.31. The van der Waals surface area contributed by atoms with Crippen molar-refractivity contribution < 1.29 is 13.2 Å². The lowest BCUT2D eigenvalue weighted by atomic mass is 9.99. The molecule has 0 aliphatic rings. The first-order chi connectivity index (χ1) is 12.5. The molecule has 3 nitrogen and oxygen atoms in total. The van der Waals surface area contributed by atoms with Crippen molar-refractivity contribution >= 4 is 10.8 Å². The number of alkyl halides is 3. The van der Waals surface area contributed by atoms with Gasteiger partial charge in [-0.3, -0.25) is 9.67 Å². The van der Waals surface area contributed by atoms with Gasteiger partial charge in [0.1, 0.15) is 6.54 Å². The second kappa shape index (κ2) is 6.29. The Morgan fingerprint density at radius 1 is 0.808 bits per heavy atom. The zero-order chi connectivity index (χ0) is 18.1. The van der Waals surface area contributed by atoms with E-state index in [1.54, 1.807) is 0 Å². The van der Waals surface area contributed by atoms with Gasteiger partial charge < -0.3 is 0 Å². The van der Waals surface area contributed by atoms with E-state index in [4.69, 9.17) is 0 Å². The van der Waals surface area contributed by atoms with Gasteiger partial charge in [0.25, 0.3) is 0 Å². The van der Waals surface area contributed by atoms with E-state index in [1.165, 1.54) is 12.4 Å². The molecule has 0 aliphatic carbocycles. The molecule has 0 amide bonds. The highest BCUT2D eigenvalue weighted by atomic mass is 19.4. The SMILES string of the molecule is FC(F)(F)Cn1cc(-c2ccc(-c3cncc4ccccc34)cc2)cn1.